The number of hydrogen-bond donors (Lipinski definition) is 2. The molecule has 2 amide bonds. The minimum Gasteiger partial charge on any atom is -0.354 e. The molecule has 7 nitrogen and oxygen atoms in total. The summed E-state index contributed by atoms with van der Waals surface area (Å²) < 4.78 is 3.91. The molecule has 1 aromatic heterocycles. The molecule has 2 saturated heterocycles. The second-order valence-electron chi connectivity index (χ2n) is 6.56. The van der Waals surface area contributed by atoms with Crippen molar-refractivity contribution in [1.82, 2.24) is 25.1 Å². The number of rotatable bonds is 5. The van der Waals surface area contributed by atoms with Gasteiger partial charge in [-0.3, -0.25) is 9.59 Å². The molecule has 24 heavy (non-hydrogen) atoms. The maximum atomic E-state index is 12.7. The fourth-order valence-corrected chi connectivity index (χ4v) is 4.16. The smallest absolute Gasteiger partial charge is 0.267 e. The summed E-state index contributed by atoms with van der Waals surface area (Å²) in [7, 11) is 0. The van der Waals surface area contributed by atoms with Crippen molar-refractivity contribution in [1.29, 1.82) is 0 Å². The van der Waals surface area contributed by atoms with Crippen LogP contribution in [0.4, 0.5) is 0 Å². The van der Waals surface area contributed by atoms with Gasteiger partial charge in [0, 0.05) is 19.6 Å². The molecule has 132 valence electrons. The van der Waals surface area contributed by atoms with E-state index >= 15 is 0 Å². The van der Waals surface area contributed by atoms with Gasteiger partial charge < -0.3 is 15.5 Å². The van der Waals surface area contributed by atoms with Crippen LogP contribution in [0.15, 0.2) is 0 Å². The molecule has 0 aromatic carbocycles. The summed E-state index contributed by atoms with van der Waals surface area (Å²) in [5.74, 6) is 0.449. The Hall–Kier alpha value is -1.54. The monoisotopic (exact) mass is 351 g/mol. The van der Waals surface area contributed by atoms with E-state index in [0.717, 1.165) is 50.9 Å². The normalized spacial score (nSPS) is 24.1. The molecule has 0 bridgehead atoms. The molecule has 0 spiro atoms. The van der Waals surface area contributed by atoms with Crippen LogP contribution in [0, 0.1) is 5.92 Å². The van der Waals surface area contributed by atoms with Crippen LogP contribution < -0.4 is 10.6 Å². The predicted octanol–water partition coefficient (Wildman–Crippen LogP) is 0.821. The predicted molar refractivity (Wildman–Crippen MR) is 91.9 cm³/mol. The Morgan fingerprint density at radius 3 is 3.00 bits per heavy atom. The number of piperidine rings is 1. The van der Waals surface area contributed by atoms with E-state index < -0.39 is 0 Å². The Balaban J connectivity index is 1.52. The van der Waals surface area contributed by atoms with Crippen LogP contribution in [-0.4, -0.2) is 58.5 Å². The second kappa shape index (κ2) is 8.02. The molecule has 3 heterocycles. The summed E-state index contributed by atoms with van der Waals surface area (Å²) in [5.41, 5.74) is 0.785. The van der Waals surface area contributed by atoms with Crippen LogP contribution >= 0.6 is 11.5 Å². The number of hydrogen-bond acceptors (Lipinski definition) is 6. The first-order valence-corrected chi connectivity index (χ1v) is 9.58. The highest BCUT2D eigenvalue weighted by molar-refractivity contribution is 7.08. The van der Waals surface area contributed by atoms with E-state index in [-0.39, 0.29) is 17.9 Å². The summed E-state index contributed by atoms with van der Waals surface area (Å²) in [6, 6.07) is -0.0401. The molecule has 2 N–H and O–H groups in total. The first-order valence-electron chi connectivity index (χ1n) is 8.80. The van der Waals surface area contributed by atoms with Gasteiger partial charge in [0.2, 0.25) is 5.91 Å². The molecular weight excluding hydrogens is 326 g/mol. The van der Waals surface area contributed by atoms with Gasteiger partial charge in [-0.1, -0.05) is 11.4 Å². The van der Waals surface area contributed by atoms with Gasteiger partial charge in [0.15, 0.2) is 0 Å². The quantitative estimate of drug-likeness (QED) is 0.820. The summed E-state index contributed by atoms with van der Waals surface area (Å²) in [6.07, 6.45) is 4.72. The van der Waals surface area contributed by atoms with E-state index in [0.29, 0.717) is 23.9 Å². The maximum Gasteiger partial charge on any atom is 0.267 e. The van der Waals surface area contributed by atoms with Crippen molar-refractivity contribution in [3.8, 4) is 0 Å². The van der Waals surface area contributed by atoms with Crippen LogP contribution in [-0.2, 0) is 11.2 Å². The average Bonchev–Trinajstić information content (AvgIpc) is 3.30. The van der Waals surface area contributed by atoms with Gasteiger partial charge in [0.05, 0.1) is 11.7 Å². The lowest BCUT2D eigenvalue weighted by Crippen LogP contribution is -2.46. The van der Waals surface area contributed by atoms with Crippen molar-refractivity contribution >= 4 is 23.3 Å². The minimum absolute atomic E-state index is 0.0373. The summed E-state index contributed by atoms with van der Waals surface area (Å²) in [6.45, 7) is 5.01. The molecule has 2 atom stereocenters. The second-order valence-corrected chi connectivity index (χ2v) is 7.31. The van der Waals surface area contributed by atoms with Crippen molar-refractivity contribution in [2.24, 2.45) is 5.92 Å². The van der Waals surface area contributed by atoms with E-state index in [1.807, 2.05) is 11.8 Å². The van der Waals surface area contributed by atoms with E-state index in [9.17, 15) is 9.59 Å². The van der Waals surface area contributed by atoms with Crippen LogP contribution in [0.1, 0.15) is 48.0 Å². The zero-order chi connectivity index (χ0) is 16.9. The molecule has 0 aliphatic carbocycles. The average molecular weight is 351 g/mol. The van der Waals surface area contributed by atoms with Gasteiger partial charge in [-0.2, -0.15) is 0 Å². The third-order valence-corrected chi connectivity index (χ3v) is 5.59. The van der Waals surface area contributed by atoms with Gasteiger partial charge in [0.1, 0.15) is 4.88 Å². The Labute approximate surface area is 146 Å². The zero-order valence-corrected chi connectivity index (χ0v) is 14.9. The number of aromatic nitrogens is 2. The van der Waals surface area contributed by atoms with Crippen LogP contribution in [0.3, 0.4) is 0 Å². The standard InChI is InChI=1S/C16H25N5O2S/c1-2-12-14(24-20-19-12)16(23)21-8-4-5-11(10-21)9-18-15(22)13-6-3-7-17-13/h11,13,17H,2-10H2,1H3,(H,18,22). The largest absolute Gasteiger partial charge is 0.354 e. The molecule has 2 unspecified atom stereocenters. The van der Waals surface area contributed by atoms with Gasteiger partial charge in [-0.05, 0) is 56.1 Å². The lowest BCUT2D eigenvalue weighted by atomic mass is 9.97. The number of likely N-dealkylation sites (tertiary alicyclic amines) is 1. The molecule has 0 radical (unpaired) electrons. The highest BCUT2D eigenvalue weighted by Crippen LogP contribution is 2.21. The zero-order valence-electron chi connectivity index (χ0n) is 14.1. The van der Waals surface area contributed by atoms with Gasteiger partial charge in [0.25, 0.3) is 5.91 Å². The van der Waals surface area contributed by atoms with Gasteiger partial charge in [-0.25, -0.2) is 0 Å². The molecule has 1 aromatic rings. The van der Waals surface area contributed by atoms with E-state index in [1.54, 1.807) is 0 Å². The SMILES string of the molecule is CCc1nnsc1C(=O)N1CCCC(CNC(=O)C2CCCN2)C1. The molecule has 8 heteroatoms. The van der Waals surface area contributed by atoms with Crippen molar-refractivity contribution in [2.75, 3.05) is 26.2 Å². The van der Waals surface area contributed by atoms with E-state index in [1.165, 1.54) is 11.5 Å². The fraction of sp³-hybridized carbons (Fsp3) is 0.750. The molecule has 2 aliphatic rings. The number of carbonyl (C=O) groups excluding carboxylic acids is 2. The molecular formula is C16H25N5O2S. The minimum atomic E-state index is -0.0401. The van der Waals surface area contributed by atoms with Crippen molar-refractivity contribution in [3.63, 3.8) is 0 Å². The topological polar surface area (TPSA) is 87.2 Å². The van der Waals surface area contributed by atoms with Crippen molar-refractivity contribution in [3.05, 3.63) is 10.6 Å². The number of nitrogens with zero attached hydrogens (tertiary/aromatic N) is 3. The lowest BCUT2D eigenvalue weighted by molar-refractivity contribution is -0.123. The molecule has 0 saturated carbocycles. The van der Waals surface area contributed by atoms with Crippen molar-refractivity contribution in [2.45, 2.75) is 45.1 Å². The highest BCUT2D eigenvalue weighted by atomic mass is 32.1. The fourth-order valence-electron chi connectivity index (χ4n) is 3.44. The first kappa shape index (κ1) is 17.3. The number of nitrogens with one attached hydrogen (secondary N) is 2. The number of aryl methyl sites for hydroxylation is 1. The van der Waals surface area contributed by atoms with Crippen molar-refractivity contribution < 1.29 is 9.59 Å². The van der Waals surface area contributed by atoms with Gasteiger partial charge >= 0.3 is 0 Å². The Bertz CT molecular complexity index is 585. The van der Waals surface area contributed by atoms with Crippen LogP contribution in [0.25, 0.3) is 0 Å². The highest BCUT2D eigenvalue weighted by Gasteiger charge is 2.28. The lowest BCUT2D eigenvalue weighted by Gasteiger charge is -2.32. The van der Waals surface area contributed by atoms with Crippen LogP contribution in [0.2, 0.25) is 0 Å². The Morgan fingerprint density at radius 1 is 1.38 bits per heavy atom. The van der Waals surface area contributed by atoms with E-state index in [2.05, 4.69) is 20.2 Å². The first-order chi connectivity index (χ1) is 11.7. The Morgan fingerprint density at radius 2 is 2.25 bits per heavy atom. The number of carbonyl (C=O) groups is 2. The van der Waals surface area contributed by atoms with Crippen LogP contribution in [0.5, 0.6) is 0 Å². The molecule has 2 aliphatic heterocycles. The van der Waals surface area contributed by atoms with E-state index in [4.69, 9.17) is 0 Å². The maximum absolute atomic E-state index is 12.7. The Kier molecular flexibility index (Phi) is 5.78. The summed E-state index contributed by atoms with van der Waals surface area (Å²) >= 11 is 1.18. The number of amides is 2. The third kappa shape index (κ3) is 3.92. The molecule has 2 fully saturated rings. The van der Waals surface area contributed by atoms with Gasteiger partial charge in [-0.15, -0.1) is 5.10 Å². The third-order valence-electron chi connectivity index (χ3n) is 4.83. The molecule has 3 rings (SSSR count). The summed E-state index contributed by atoms with van der Waals surface area (Å²) in [5, 5.41) is 10.3. The summed E-state index contributed by atoms with van der Waals surface area (Å²) in [4.78, 5) is 27.4.